The maximum atomic E-state index is 10.7. The summed E-state index contributed by atoms with van der Waals surface area (Å²) in [5, 5.41) is 0. The number of hydrogen-bond acceptors (Lipinski definition) is 2. The number of nitrogen functional groups attached to an aromatic ring is 1. The minimum atomic E-state index is -0.409. The van der Waals surface area contributed by atoms with Crippen LogP contribution >= 0.6 is 0 Å². The maximum absolute atomic E-state index is 10.7. The van der Waals surface area contributed by atoms with Crippen molar-refractivity contribution in [2.24, 2.45) is 0 Å². The summed E-state index contributed by atoms with van der Waals surface area (Å²) in [6, 6.07) is 7.37. The fourth-order valence-corrected chi connectivity index (χ4v) is 0.981. The van der Waals surface area contributed by atoms with Crippen molar-refractivity contribution in [1.82, 2.24) is 0 Å². The number of anilines is 1. The summed E-state index contributed by atoms with van der Waals surface area (Å²) in [6.07, 6.45) is 0.943. The van der Waals surface area contributed by atoms with Crippen LogP contribution in [0.2, 0.25) is 0 Å². The van der Waals surface area contributed by atoms with Gasteiger partial charge in [-0.3, -0.25) is 0 Å². The number of carbonyl (C=O) groups excluding carboxylic acids is 1. The number of carbonyl (C=O) groups is 1. The molecule has 0 heterocycles. The Bertz CT molecular complexity index is 274. The van der Waals surface area contributed by atoms with Crippen LogP contribution in [0.25, 0.3) is 0 Å². The molecule has 1 aromatic carbocycles. The highest BCUT2D eigenvalue weighted by atomic mass is 16.1. The number of aldehydes is 1. The SMILES string of the molecule is CC(C)(C=O)c1ccc(N)cc1. The van der Waals surface area contributed by atoms with Crippen molar-refractivity contribution < 1.29 is 4.79 Å². The van der Waals surface area contributed by atoms with Crippen LogP contribution in [-0.4, -0.2) is 6.29 Å². The van der Waals surface area contributed by atoms with E-state index in [1.165, 1.54) is 0 Å². The van der Waals surface area contributed by atoms with Crippen LogP contribution in [0, 0.1) is 0 Å². The first kappa shape index (κ1) is 8.78. The van der Waals surface area contributed by atoms with E-state index < -0.39 is 5.41 Å². The molecule has 0 aliphatic carbocycles. The van der Waals surface area contributed by atoms with Crippen LogP contribution in [0.5, 0.6) is 0 Å². The van der Waals surface area contributed by atoms with E-state index in [1.807, 2.05) is 26.0 Å². The Hall–Kier alpha value is -1.31. The third-order valence-corrected chi connectivity index (χ3v) is 1.95. The second-order valence-corrected chi connectivity index (χ2v) is 3.46. The van der Waals surface area contributed by atoms with Gasteiger partial charge in [0, 0.05) is 11.1 Å². The first-order valence-corrected chi connectivity index (χ1v) is 3.88. The second kappa shape index (κ2) is 2.97. The molecule has 2 nitrogen and oxygen atoms in total. The zero-order valence-electron chi connectivity index (χ0n) is 7.37. The van der Waals surface area contributed by atoms with Gasteiger partial charge in [-0.15, -0.1) is 0 Å². The first-order chi connectivity index (χ1) is 5.56. The number of hydrogen-bond donors (Lipinski definition) is 1. The summed E-state index contributed by atoms with van der Waals surface area (Å²) in [5.74, 6) is 0. The maximum Gasteiger partial charge on any atom is 0.129 e. The van der Waals surface area contributed by atoms with Gasteiger partial charge in [0.2, 0.25) is 0 Å². The van der Waals surface area contributed by atoms with Gasteiger partial charge in [0.15, 0.2) is 0 Å². The van der Waals surface area contributed by atoms with Gasteiger partial charge in [-0.25, -0.2) is 0 Å². The standard InChI is InChI=1S/C10H13NO/c1-10(2,7-12)8-3-5-9(11)6-4-8/h3-7H,11H2,1-2H3. The largest absolute Gasteiger partial charge is 0.399 e. The van der Waals surface area contributed by atoms with Crippen LogP contribution in [-0.2, 0) is 10.2 Å². The smallest absolute Gasteiger partial charge is 0.129 e. The minimum absolute atomic E-state index is 0.409. The molecule has 0 atom stereocenters. The molecule has 1 rings (SSSR count). The van der Waals surface area contributed by atoms with Gasteiger partial charge in [-0.05, 0) is 31.5 Å². The van der Waals surface area contributed by atoms with Crippen LogP contribution in [0.15, 0.2) is 24.3 Å². The highest BCUT2D eigenvalue weighted by Gasteiger charge is 2.18. The van der Waals surface area contributed by atoms with E-state index in [4.69, 9.17) is 5.73 Å². The van der Waals surface area contributed by atoms with Crippen molar-refractivity contribution in [2.45, 2.75) is 19.3 Å². The van der Waals surface area contributed by atoms with Crippen molar-refractivity contribution in [3.05, 3.63) is 29.8 Å². The molecule has 12 heavy (non-hydrogen) atoms. The van der Waals surface area contributed by atoms with Gasteiger partial charge >= 0.3 is 0 Å². The third kappa shape index (κ3) is 1.64. The summed E-state index contributed by atoms with van der Waals surface area (Å²) in [4.78, 5) is 10.7. The van der Waals surface area contributed by atoms with Gasteiger partial charge in [-0.2, -0.15) is 0 Å². The molecule has 0 spiro atoms. The van der Waals surface area contributed by atoms with E-state index in [9.17, 15) is 4.79 Å². The Kier molecular flexibility index (Phi) is 2.18. The monoisotopic (exact) mass is 163 g/mol. The molecule has 0 fully saturated rings. The molecule has 0 amide bonds. The van der Waals surface area contributed by atoms with Gasteiger partial charge in [0.25, 0.3) is 0 Å². The van der Waals surface area contributed by atoms with Crippen molar-refractivity contribution in [2.75, 3.05) is 5.73 Å². The van der Waals surface area contributed by atoms with Crippen LogP contribution in [0.3, 0.4) is 0 Å². The second-order valence-electron chi connectivity index (χ2n) is 3.46. The molecule has 0 radical (unpaired) electrons. The molecule has 64 valence electrons. The normalized spacial score (nSPS) is 11.2. The Morgan fingerprint density at radius 3 is 2.17 bits per heavy atom. The molecule has 0 aromatic heterocycles. The Balaban J connectivity index is 3.04. The molecule has 2 heteroatoms. The molecule has 2 N–H and O–H groups in total. The summed E-state index contributed by atoms with van der Waals surface area (Å²) in [5.41, 5.74) is 6.83. The Labute approximate surface area is 72.4 Å². The highest BCUT2D eigenvalue weighted by Crippen LogP contribution is 2.21. The van der Waals surface area contributed by atoms with Gasteiger partial charge in [0.1, 0.15) is 6.29 Å². The predicted octanol–water partition coefficient (Wildman–Crippen LogP) is 1.75. The van der Waals surface area contributed by atoms with Crippen LogP contribution < -0.4 is 5.73 Å². The van der Waals surface area contributed by atoms with E-state index in [-0.39, 0.29) is 0 Å². The van der Waals surface area contributed by atoms with Crippen LogP contribution in [0.4, 0.5) is 5.69 Å². The summed E-state index contributed by atoms with van der Waals surface area (Å²) in [6.45, 7) is 3.76. The van der Waals surface area contributed by atoms with Gasteiger partial charge in [0.05, 0.1) is 0 Å². The molecule has 0 aliphatic heterocycles. The van der Waals surface area contributed by atoms with Crippen molar-refractivity contribution in [1.29, 1.82) is 0 Å². The Morgan fingerprint density at radius 1 is 1.25 bits per heavy atom. The Morgan fingerprint density at radius 2 is 1.75 bits per heavy atom. The average Bonchev–Trinajstić information content (AvgIpc) is 2.05. The highest BCUT2D eigenvalue weighted by molar-refractivity contribution is 5.67. The lowest BCUT2D eigenvalue weighted by molar-refractivity contribution is -0.111. The number of benzene rings is 1. The van der Waals surface area contributed by atoms with E-state index in [0.717, 1.165) is 17.5 Å². The molecule has 0 bridgehead atoms. The average molecular weight is 163 g/mol. The first-order valence-electron chi connectivity index (χ1n) is 3.88. The third-order valence-electron chi connectivity index (χ3n) is 1.95. The fraction of sp³-hybridized carbons (Fsp3) is 0.300. The van der Waals surface area contributed by atoms with Crippen molar-refractivity contribution in [3.8, 4) is 0 Å². The lowest BCUT2D eigenvalue weighted by Crippen LogP contribution is -2.18. The number of nitrogens with two attached hydrogens (primary N) is 1. The van der Waals surface area contributed by atoms with Crippen molar-refractivity contribution >= 4 is 12.0 Å². The minimum Gasteiger partial charge on any atom is -0.399 e. The summed E-state index contributed by atoms with van der Waals surface area (Å²) < 4.78 is 0. The molecule has 0 saturated carbocycles. The molecule has 0 saturated heterocycles. The summed E-state index contributed by atoms with van der Waals surface area (Å²) in [7, 11) is 0. The van der Waals surface area contributed by atoms with E-state index in [0.29, 0.717) is 0 Å². The zero-order chi connectivity index (χ0) is 9.19. The number of rotatable bonds is 2. The molecular weight excluding hydrogens is 150 g/mol. The zero-order valence-corrected chi connectivity index (χ0v) is 7.37. The predicted molar refractivity (Wildman–Crippen MR) is 49.9 cm³/mol. The van der Waals surface area contributed by atoms with E-state index >= 15 is 0 Å². The van der Waals surface area contributed by atoms with E-state index in [1.54, 1.807) is 12.1 Å². The lowest BCUT2D eigenvalue weighted by atomic mass is 9.86. The van der Waals surface area contributed by atoms with E-state index in [2.05, 4.69) is 0 Å². The summed E-state index contributed by atoms with van der Waals surface area (Å²) >= 11 is 0. The molecular formula is C10H13NO. The topological polar surface area (TPSA) is 43.1 Å². The lowest BCUT2D eigenvalue weighted by Gasteiger charge is -2.16. The van der Waals surface area contributed by atoms with Gasteiger partial charge < -0.3 is 10.5 Å². The fourth-order valence-electron chi connectivity index (χ4n) is 0.981. The quantitative estimate of drug-likeness (QED) is 0.533. The van der Waals surface area contributed by atoms with Crippen LogP contribution in [0.1, 0.15) is 19.4 Å². The molecule has 0 aliphatic rings. The van der Waals surface area contributed by atoms with Crippen molar-refractivity contribution in [3.63, 3.8) is 0 Å². The van der Waals surface area contributed by atoms with Gasteiger partial charge in [-0.1, -0.05) is 12.1 Å². The molecule has 0 unspecified atom stereocenters. The molecule has 1 aromatic rings.